The van der Waals surface area contributed by atoms with Crippen LogP contribution in [-0.2, 0) is 13.0 Å². The van der Waals surface area contributed by atoms with Gasteiger partial charge >= 0.3 is 0 Å². The molecular weight excluding hydrogens is 361 g/mol. The summed E-state index contributed by atoms with van der Waals surface area (Å²) in [4.78, 5) is 4.58. The number of hydrogen-bond acceptors (Lipinski definition) is 4. The fourth-order valence-electron chi connectivity index (χ4n) is 2.61. The Hall–Kier alpha value is -2.80. The van der Waals surface area contributed by atoms with E-state index >= 15 is 0 Å². The van der Waals surface area contributed by atoms with Crippen LogP contribution in [0.2, 0.25) is 0 Å². The molecule has 28 heavy (non-hydrogen) atoms. The van der Waals surface area contributed by atoms with Crippen LogP contribution >= 0.6 is 0 Å². The van der Waals surface area contributed by atoms with Crippen LogP contribution < -0.4 is 20.1 Å². The number of nitrogens with one attached hydrogen (secondary N) is 2. The number of guanidine groups is 1. The van der Waals surface area contributed by atoms with Crippen molar-refractivity contribution in [1.29, 1.82) is 0 Å². The van der Waals surface area contributed by atoms with Gasteiger partial charge in [0.15, 0.2) is 17.5 Å². The van der Waals surface area contributed by atoms with Gasteiger partial charge in [0.25, 0.3) is 0 Å². The smallest absolute Gasteiger partial charge is 0.191 e. The molecule has 0 unspecified atom stereocenters. The largest absolute Gasteiger partial charge is 0.493 e. The van der Waals surface area contributed by atoms with Gasteiger partial charge in [-0.3, -0.25) is 0 Å². The van der Waals surface area contributed by atoms with Gasteiger partial charge in [0, 0.05) is 13.1 Å². The molecule has 7 heteroatoms. The van der Waals surface area contributed by atoms with Gasteiger partial charge in [-0.25, -0.2) is 9.38 Å². The van der Waals surface area contributed by atoms with Crippen LogP contribution in [0.15, 0.2) is 47.5 Å². The molecule has 0 atom stereocenters. The maximum absolute atomic E-state index is 13.3. The summed E-state index contributed by atoms with van der Waals surface area (Å²) in [6.07, 6.45) is 0.701. The van der Waals surface area contributed by atoms with E-state index in [1.54, 1.807) is 19.2 Å². The van der Waals surface area contributed by atoms with E-state index in [1.165, 1.54) is 6.07 Å². The summed E-state index contributed by atoms with van der Waals surface area (Å²) in [5.41, 5.74) is 1.90. The molecule has 2 aromatic rings. The standard InChI is InChI=1S/C21H28FN3O3/c1-3-23-21(24-10-9-16-5-4-6-18(22)13-16)25-15-17-7-8-19(28-12-11-26)20(14-17)27-2/h4-8,13-14,26H,3,9-12,15H2,1-2H3,(H2,23,24,25). The van der Waals surface area contributed by atoms with Gasteiger partial charge in [-0.2, -0.15) is 0 Å². The van der Waals surface area contributed by atoms with Crippen molar-refractivity contribution >= 4 is 5.96 Å². The first-order chi connectivity index (χ1) is 13.7. The Morgan fingerprint density at radius 1 is 1.11 bits per heavy atom. The minimum atomic E-state index is -0.224. The van der Waals surface area contributed by atoms with Crippen LogP contribution in [-0.4, -0.2) is 44.5 Å². The van der Waals surface area contributed by atoms with Gasteiger partial charge in [0.05, 0.1) is 20.3 Å². The lowest BCUT2D eigenvalue weighted by Gasteiger charge is -2.13. The zero-order chi connectivity index (χ0) is 20.2. The highest BCUT2D eigenvalue weighted by Crippen LogP contribution is 2.28. The number of benzene rings is 2. The number of aliphatic hydroxyl groups excluding tert-OH is 1. The number of aliphatic hydroxyl groups is 1. The van der Waals surface area contributed by atoms with E-state index in [1.807, 2.05) is 31.2 Å². The first kappa shape index (κ1) is 21.5. The van der Waals surface area contributed by atoms with Crippen LogP contribution in [0.4, 0.5) is 4.39 Å². The highest BCUT2D eigenvalue weighted by Gasteiger charge is 2.06. The number of aliphatic imine (C=N–C) groups is 1. The van der Waals surface area contributed by atoms with Gasteiger partial charge in [-0.1, -0.05) is 18.2 Å². The van der Waals surface area contributed by atoms with Crippen LogP contribution in [0.5, 0.6) is 11.5 Å². The van der Waals surface area contributed by atoms with Gasteiger partial charge in [0.1, 0.15) is 12.4 Å². The van der Waals surface area contributed by atoms with Crippen LogP contribution in [0.3, 0.4) is 0 Å². The molecule has 6 nitrogen and oxygen atoms in total. The van der Waals surface area contributed by atoms with Gasteiger partial charge < -0.3 is 25.2 Å². The van der Waals surface area contributed by atoms with E-state index in [0.717, 1.165) is 17.7 Å². The number of ether oxygens (including phenoxy) is 2. The molecule has 0 aliphatic rings. The highest BCUT2D eigenvalue weighted by atomic mass is 19.1. The van der Waals surface area contributed by atoms with Crippen LogP contribution in [0.1, 0.15) is 18.1 Å². The van der Waals surface area contributed by atoms with E-state index in [2.05, 4.69) is 15.6 Å². The van der Waals surface area contributed by atoms with Crippen molar-refractivity contribution in [2.45, 2.75) is 19.9 Å². The molecule has 0 radical (unpaired) electrons. The van der Waals surface area contributed by atoms with Crippen molar-refractivity contribution in [3.63, 3.8) is 0 Å². The summed E-state index contributed by atoms with van der Waals surface area (Å²) in [5, 5.41) is 15.3. The summed E-state index contributed by atoms with van der Waals surface area (Å²) in [7, 11) is 1.58. The molecule has 152 valence electrons. The van der Waals surface area contributed by atoms with Crippen molar-refractivity contribution in [3.8, 4) is 11.5 Å². The topological polar surface area (TPSA) is 75.1 Å². The Labute approximate surface area is 165 Å². The minimum absolute atomic E-state index is 0.0530. The molecule has 0 bridgehead atoms. The molecule has 3 N–H and O–H groups in total. The average molecular weight is 389 g/mol. The zero-order valence-corrected chi connectivity index (χ0v) is 16.4. The lowest BCUT2D eigenvalue weighted by Crippen LogP contribution is -2.38. The summed E-state index contributed by atoms with van der Waals surface area (Å²) >= 11 is 0. The maximum Gasteiger partial charge on any atom is 0.191 e. The second kappa shape index (κ2) is 11.8. The van der Waals surface area contributed by atoms with Crippen molar-refractivity contribution in [2.24, 2.45) is 4.99 Å². The Morgan fingerprint density at radius 2 is 1.96 bits per heavy atom. The number of hydrogen-bond donors (Lipinski definition) is 3. The van der Waals surface area contributed by atoms with E-state index in [0.29, 0.717) is 37.0 Å². The summed E-state index contributed by atoms with van der Waals surface area (Å²) in [5.74, 6) is 1.66. The molecule has 0 aromatic heterocycles. The maximum atomic E-state index is 13.3. The Kier molecular flexibility index (Phi) is 9.07. The molecule has 0 fully saturated rings. The second-order valence-corrected chi connectivity index (χ2v) is 6.06. The minimum Gasteiger partial charge on any atom is -0.493 e. The molecule has 0 aliphatic carbocycles. The predicted octanol–water partition coefficient (Wildman–Crippen LogP) is 2.50. The highest BCUT2D eigenvalue weighted by molar-refractivity contribution is 5.79. The zero-order valence-electron chi connectivity index (χ0n) is 16.4. The molecule has 0 aliphatic heterocycles. The summed E-state index contributed by atoms with van der Waals surface area (Å²) in [6, 6.07) is 12.2. The second-order valence-electron chi connectivity index (χ2n) is 6.06. The van der Waals surface area contributed by atoms with Gasteiger partial charge in [-0.15, -0.1) is 0 Å². The Morgan fingerprint density at radius 3 is 2.68 bits per heavy atom. The third-order valence-electron chi connectivity index (χ3n) is 3.94. The first-order valence-electron chi connectivity index (χ1n) is 9.33. The monoisotopic (exact) mass is 389 g/mol. The Balaban J connectivity index is 1.95. The molecule has 0 heterocycles. The average Bonchev–Trinajstić information content (AvgIpc) is 2.70. The SMILES string of the molecule is CCNC(=NCc1ccc(OCCO)c(OC)c1)NCCc1cccc(F)c1. The normalized spacial score (nSPS) is 11.2. The van der Waals surface area contributed by atoms with Gasteiger partial charge in [0.2, 0.25) is 0 Å². The van der Waals surface area contributed by atoms with E-state index in [4.69, 9.17) is 14.6 Å². The van der Waals surface area contributed by atoms with E-state index in [-0.39, 0.29) is 19.0 Å². The Bertz CT molecular complexity index is 768. The molecule has 0 spiro atoms. The number of methoxy groups -OCH3 is 1. The van der Waals surface area contributed by atoms with Crippen molar-refractivity contribution in [1.82, 2.24) is 10.6 Å². The molecular formula is C21H28FN3O3. The quantitative estimate of drug-likeness (QED) is 0.430. The molecule has 2 aromatic carbocycles. The van der Waals surface area contributed by atoms with Crippen molar-refractivity contribution < 1.29 is 19.0 Å². The summed E-state index contributed by atoms with van der Waals surface area (Å²) < 4.78 is 24.0. The van der Waals surface area contributed by atoms with E-state index in [9.17, 15) is 4.39 Å². The lowest BCUT2D eigenvalue weighted by atomic mass is 10.1. The first-order valence-corrected chi connectivity index (χ1v) is 9.33. The third-order valence-corrected chi connectivity index (χ3v) is 3.94. The lowest BCUT2D eigenvalue weighted by molar-refractivity contribution is 0.196. The summed E-state index contributed by atoms with van der Waals surface area (Å²) in [6.45, 7) is 4.01. The number of rotatable bonds is 10. The van der Waals surface area contributed by atoms with Crippen LogP contribution in [0, 0.1) is 5.82 Å². The van der Waals surface area contributed by atoms with E-state index < -0.39 is 0 Å². The number of nitrogens with zero attached hydrogens (tertiary/aromatic N) is 1. The van der Waals surface area contributed by atoms with Gasteiger partial charge in [-0.05, 0) is 48.7 Å². The fourth-order valence-corrected chi connectivity index (χ4v) is 2.61. The van der Waals surface area contributed by atoms with Crippen molar-refractivity contribution in [3.05, 3.63) is 59.4 Å². The fraction of sp³-hybridized carbons (Fsp3) is 0.381. The number of halogens is 1. The molecule has 2 rings (SSSR count). The molecule has 0 saturated heterocycles. The van der Waals surface area contributed by atoms with Crippen molar-refractivity contribution in [2.75, 3.05) is 33.4 Å². The van der Waals surface area contributed by atoms with Crippen LogP contribution in [0.25, 0.3) is 0 Å². The molecule has 0 amide bonds. The molecule has 0 saturated carbocycles. The predicted molar refractivity (Wildman–Crippen MR) is 108 cm³/mol. The third kappa shape index (κ3) is 7.08.